The van der Waals surface area contributed by atoms with E-state index >= 15 is 0 Å². The summed E-state index contributed by atoms with van der Waals surface area (Å²) in [6.07, 6.45) is 0. The predicted octanol–water partition coefficient (Wildman–Crippen LogP) is 9.86. The molecule has 0 N–H and O–H groups in total. The molecule has 0 heterocycles. The summed E-state index contributed by atoms with van der Waals surface area (Å²) in [5.74, 6) is 3.35. The third-order valence-corrected chi connectivity index (χ3v) is 7.64. The highest BCUT2D eigenvalue weighted by molar-refractivity contribution is 5.52. The van der Waals surface area contributed by atoms with Gasteiger partial charge in [-0.2, -0.15) is 0 Å². The fourth-order valence-corrected chi connectivity index (χ4v) is 4.81. The first kappa shape index (κ1) is 25.4. The molecular weight excluding hydrogens is 464 g/mol. The Hall–Kier alpha value is -4.30. The van der Waals surface area contributed by atoms with E-state index in [0.29, 0.717) is 0 Å². The molecular formula is C36H34O2. The molecule has 190 valence electrons. The fourth-order valence-electron chi connectivity index (χ4n) is 4.81. The lowest BCUT2D eigenvalue weighted by Gasteiger charge is -2.32. The molecule has 0 aliphatic rings. The van der Waals surface area contributed by atoms with Crippen LogP contribution in [0.1, 0.15) is 45.9 Å². The topological polar surface area (TPSA) is 18.5 Å². The van der Waals surface area contributed by atoms with Crippen LogP contribution >= 0.6 is 0 Å². The molecule has 38 heavy (non-hydrogen) atoms. The van der Waals surface area contributed by atoms with Crippen LogP contribution in [-0.4, -0.2) is 0 Å². The van der Waals surface area contributed by atoms with Gasteiger partial charge in [0.25, 0.3) is 0 Å². The Kier molecular flexibility index (Phi) is 7.07. The van der Waals surface area contributed by atoms with Gasteiger partial charge in [0.15, 0.2) is 0 Å². The van der Waals surface area contributed by atoms with E-state index in [1.54, 1.807) is 0 Å². The molecule has 0 saturated heterocycles. The van der Waals surface area contributed by atoms with Gasteiger partial charge in [-0.3, -0.25) is 0 Å². The molecule has 0 aliphatic carbocycles. The lowest BCUT2D eigenvalue weighted by Crippen LogP contribution is -2.25. The maximum Gasteiger partial charge on any atom is 0.127 e. The van der Waals surface area contributed by atoms with Gasteiger partial charge in [-0.25, -0.2) is 0 Å². The van der Waals surface area contributed by atoms with Crippen molar-refractivity contribution in [2.24, 2.45) is 0 Å². The van der Waals surface area contributed by atoms with Crippen molar-refractivity contribution in [1.29, 1.82) is 0 Å². The Balaban J connectivity index is 1.45. The molecule has 5 aromatic rings. The quantitative estimate of drug-likeness (QED) is 0.208. The van der Waals surface area contributed by atoms with Crippen molar-refractivity contribution in [2.75, 3.05) is 0 Å². The van der Waals surface area contributed by atoms with Crippen LogP contribution in [0.3, 0.4) is 0 Å². The van der Waals surface area contributed by atoms with Crippen LogP contribution in [0, 0.1) is 27.7 Å². The molecule has 0 spiro atoms. The van der Waals surface area contributed by atoms with Gasteiger partial charge in [0, 0.05) is 5.41 Å². The van der Waals surface area contributed by atoms with Crippen molar-refractivity contribution < 1.29 is 9.47 Å². The van der Waals surface area contributed by atoms with Gasteiger partial charge in [-0.05, 0) is 122 Å². The number of ether oxygens (including phenoxy) is 2. The minimum Gasteiger partial charge on any atom is -0.457 e. The Morgan fingerprint density at radius 3 is 1.16 bits per heavy atom. The smallest absolute Gasteiger partial charge is 0.127 e. The Bertz CT molecular complexity index is 1430. The van der Waals surface area contributed by atoms with Crippen LogP contribution < -0.4 is 9.47 Å². The highest BCUT2D eigenvalue weighted by Gasteiger charge is 2.31. The number of hydrogen-bond donors (Lipinski definition) is 0. The molecule has 0 bridgehead atoms. The van der Waals surface area contributed by atoms with Crippen LogP contribution in [0.2, 0.25) is 0 Å². The van der Waals surface area contributed by atoms with Crippen LogP contribution in [0.4, 0.5) is 0 Å². The normalized spacial score (nSPS) is 11.3. The van der Waals surface area contributed by atoms with Gasteiger partial charge in [-0.1, -0.05) is 66.7 Å². The van der Waals surface area contributed by atoms with Gasteiger partial charge >= 0.3 is 0 Å². The van der Waals surface area contributed by atoms with E-state index in [1.807, 2.05) is 12.1 Å². The van der Waals surface area contributed by atoms with Crippen LogP contribution in [-0.2, 0) is 5.41 Å². The van der Waals surface area contributed by atoms with Crippen molar-refractivity contribution >= 4 is 0 Å². The first-order chi connectivity index (χ1) is 18.3. The zero-order valence-corrected chi connectivity index (χ0v) is 22.8. The third-order valence-electron chi connectivity index (χ3n) is 7.64. The molecule has 0 saturated carbocycles. The molecule has 0 aliphatic heterocycles. The maximum atomic E-state index is 6.16. The van der Waals surface area contributed by atoms with Crippen molar-refractivity contribution in [3.63, 3.8) is 0 Å². The highest BCUT2D eigenvalue weighted by Crippen LogP contribution is 2.40. The number of aryl methyl sites for hydroxylation is 4. The van der Waals surface area contributed by atoms with E-state index in [1.165, 1.54) is 38.9 Å². The molecule has 0 fully saturated rings. The van der Waals surface area contributed by atoms with Crippen LogP contribution in [0.5, 0.6) is 23.0 Å². The Morgan fingerprint density at radius 2 is 0.763 bits per heavy atom. The first-order valence-electron chi connectivity index (χ1n) is 13.1. The monoisotopic (exact) mass is 498 g/mol. The Morgan fingerprint density at radius 1 is 0.395 bits per heavy atom. The van der Waals surface area contributed by atoms with Gasteiger partial charge < -0.3 is 9.47 Å². The first-order valence-corrected chi connectivity index (χ1v) is 13.1. The molecule has 0 radical (unpaired) electrons. The Labute approximate surface area is 226 Å². The average Bonchev–Trinajstić information content (AvgIpc) is 2.94. The minimum atomic E-state index is -0.348. The van der Waals surface area contributed by atoms with Gasteiger partial charge in [0.2, 0.25) is 0 Å². The summed E-state index contributed by atoms with van der Waals surface area (Å²) in [5, 5.41) is 0. The summed E-state index contributed by atoms with van der Waals surface area (Å²) >= 11 is 0. The third kappa shape index (κ3) is 5.21. The average molecular weight is 499 g/mol. The van der Waals surface area contributed by atoms with E-state index in [2.05, 4.69) is 138 Å². The molecule has 5 aromatic carbocycles. The second-order valence-electron chi connectivity index (χ2n) is 10.2. The lowest BCUT2D eigenvalue weighted by atomic mass is 9.71. The van der Waals surface area contributed by atoms with Gasteiger partial charge in [0.1, 0.15) is 23.0 Å². The summed E-state index contributed by atoms with van der Waals surface area (Å²) in [4.78, 5) is 0. The summed E-state index contributed by atoms with van der Waals surface area (Å²) < 4.78 is 12.3. The number of rotatable bonds is 7. The van der Waals surface area contributed by atoms with Gasteiger partial charge in [0.05, 0.1) is 0 Å². The van der Waals surface area contributed by atoms with Crippen molar-refractivity contribution in [2.45, 2.75) is 40.0 Å². The second kappa shape index (κ2) is 10.6. The predicted molar refractivity (Wildman–Crippen MR) is 157 cm³/mol. The number of benzene rings is 5. The van der Waals surface area contributed by atoms with E-state index < -0.39 is 0 Å². The highest BCUT2D eigenvalue weighted by atomic mass is 16.5. The van der Waals surface area contributed by atoms with E-state index in [4.69, 9.17) is 9.47 Å². The molecule has 2 heteroatoms. The molecule has 0 amide bonds. The molecule has 0 aromatic heterocycles. The maximum absolute atomic E-state index is 6.16. The van der Waals surface area contributed by atoms with Crippen LogP contribution in [0.15, 0.2) is 115 Å². The molecule has 5 rings (SSSR count). The van der Waals surface area contributed by atoms with E-state index in [0.717, 1.165) is 23.0 Å². The minimum absolute atomic E-state index is 0.348. The van der Waals surface area contributed by atoms with Crippen molar-refractivity contribution in [3.8, 4) is 23.0 Å². The summed E-state index contributed by atoms with van der Waals surface area (Å²) in [6.45, 7) is 10.7. The zero-order valence-electron chi connectivity index (χ0n) is 22.8. The fraction of sp³-hybridized carbons (Fsp3) is 0.167. The van der Waals surface area contributed by atoms with Crippen molar-refractivity contribution in [1.82, 2.24) is 0 Å². The summed E-state index contributed by atoms with van der Waals surface area (Å²) in [5.41, 5.74) is 8.23. The molecule has 2 nitrogen and oxygen atoms in total. The molecule has 0 unspecified atom stereocenters. The van der Waals surface area contributed by atoms with Crippen LogP contribution in [0.25, 0.3) is 0 Å². The summed E-state index contributed by atoms with van der Waals surface area (Å²) in [6, 6.07) is 40.0. The van der Waals surface area contributed by atoms with E-state index in [9.17, 15) is 0 Å². The largest absolute Gasteiger partial charge is 0.457 e. The van der Waals surface area contributed by atoms with Gasteiger partial charge in [-0.15, -0.1) is 0 Å². The number of hydrogen-bond acceptors (Lipinski definition) is 2. The zero-order chi connectivity index (χ0) is 26.7. The molecule has 0 atom stereocenters. The lowest BCUT2D eigenvalue weighted by molar-refractivity contribution is 0.481. The summed E-state index contributed by atoms with van der Waals surface area (Å²) in [7, 11) is 0. The standard InChI is InChI=1S/C36H34O2/c1-25-11-17-34(23-27(25)3)37-32-19-13-30(14-20-32)36(5,29-9-7-6-8-10-29)31-15-21-33(22-16-31)38-35-18-12-26(2)28(4)24-35/h6-24H,1-5H3. The SMILES string of the molecule is Cc1ccc(Oc2ccc(C(C)(c3ccccc3)c3ccc(Oc4ccc(C)c(C)c4)cc3)cc2)cc1C. The van der Waals surface area contributed by atoms with E-state index in [-0.39, 0.29) is 5.41 Å². The second-order valence-corrected chi connectivity index (χ2v) is 10.2. The van der Waals surface area contributed by atoms with Crippen molar-refractivity contribution in [3.05, 3.63) is 154 Å².